The predicted octanol–water partition coefficient (Wildman–Crippen LogP) is 2.33. The van der Waals surface area contributed by atoms with Crippen molar-refractivity contribution in [3.05, 3.63) is 16.5 Å². The van der Waals surface area contributed by atoms with Crippen LogP contribution in [0.15, 0.2) is 6.07 Å². The summed E-state index contributed by atoms with van der Waals surface area (Å²) in [6.07, 6.45) is 4.63. The standard InChI is InChI=1S/C17H23N3O2S/c1-11-10-14(18-16(21)12-2-3-12)23-15(11)17(22)20-8-6-19(7-9-20)13-4-5-13/h10,12-13H,2-9H2,1H3,(H,18,21). The lowest BCUT2D eigenvalue weighted by atomic mass is 10.2. The summed E-state index contributed by atoms with van der Waals surface area (Å²) in [6.45, 7) is 5.57. The van der Waals surface area contributed by atoms with E-state index in [0.717, 1.165) is 60.5 Å². The summed E-state index contributed by atoms with van der Waals surface area (Å²) in [4.78, 5) is 29.9. The first kappa shape index (κ1) is 15.1. The van der Waals surface area contributed by atoms with Gasteiger partial charge in [0.25, 0.3) is 5.91 Å². The quantitative estimate of drug-likeness (QED) is 0.920. The molecule has 23 heavy (non-hydrogen) atoms. The van der Waals surface area contributed by atoms with Crippen molar-refractivity contribution in [2.75, 3.05) is 31.5 Å². The largest absolute Gasteiger partial charge is 0.335 e. The SMILES string of the molecule is Cc1cc(NC(=O)C2CC2)sc1C(=O)N1CCN(C2CC2)CC1. The van der Waals surface area contributed by atoms with Crippen LogP contribution in [0, 0.1) is 12.8 Å². The molecule has 1 N–H and O–H groups in total. The maximum Gasteiger partial charge on any atom is 0.264 e. The molecule has 5 nitrogen and oxygen atoms in total. The van der Waals surface area contributed by atoms with Crippen molar-refractivity contribution in [3.8, 4) is 0 Å². The van der Waals surface area contributed by atoms with Crippen molar-refractivity contribution in [2.24, 2.45) is 5.92 Å². The number of carbonyl (C=O) groups excluding carboxylic acids is 2. The molecule has 6 heteroatoms. The number of thiophene rings is 1. The molecule has 2 aliphatic carbocycles. The fourth-order valence-corrected chi connectivity index (χ4v) is 4.24. The van der Waals surface area contributed by atoms with Gasteiger partial charge in [0.2, 0.25) is 5.91 Å². The van der Waals surface area contributed by atoms with Crippen LogP contribution in [0.25, 0.3) is 0 Å². The number of carbonyl (C=O) groups is 2. The van der Waals surface area contributed by atoms with Gasteiger partial charge < -0.3 is 10.2 Å². The topological polar surface area (TPSA) is 52.7 Å². The molecule has 3 aliphatic rings. The van der Waals surface area contributed by atoms with Gasteiger partial charge in [-0.25, -0.2) is 0 Å². The Hall–Kier alpha value is -1.40. The van der Waals surface area contributed by atoms with Crippen LogP contribution in [-0.2, 0) is 4.79 Å². The molecular formula is C17H23N3O2S. The van der Waals surface area contributed by atoms with E-state index in [1.807, 2.05) is 17.9 Å². The number of piperazine rings is 1. The average molecular weight is 333 g/mol. The molecule has 1 saturated heterocycles. The van der Waals surface area contributed by atoms with Crippen LogP contribution < -0.4 is 5.32 Å². The number of nitrogens with one attached hydrogen (secondary N) is 1. The van der Waals surface area contributed by atoms with Crippen molar-refractivity contribution in [2.45, 2.75) is 38.6 Å². The number of anilines is 1. The maximum atomic E-state index is 12.8. The van der Waals surface area contributed by atoms with Gasteiger partial charge in [0, 0.05) is 38.1 Å². The zero-order valence-corrected chi connectivity index (χ0v) is 14.3. The minimum Gasteiger partial charge on any atom is -0.335 e. The molecule has 2 amide bonds. The normalized spacial score (nSPS) is 22.2. The lowest BCUT2D eigenvalue weighted by Gasteiger charge is -2.34. The first-order valence-corrected chi connectivity index (χ1v) is 9.38. The number of nitrogens with zero attached hydrogens (tertiary/aromatic N) is 2. The third-order valence-electron chi connectivity index (χ3n) is 4.97. The highest BCUT2D eigenvalue weighted by atomic mass is 32.1. The second kappa shape index (κ2) is 5.91. The van der Waals surface area contributed by atoms with Crippen molar-refractivity contribution in [3.63, 3.8) is 0 Å². The van der Waals surface area contributed by atoms with Gasteiger partial charge in [-0.2, -0.15) is 0 Å². The molecule has 124 valence electrons. The highest BCUT2D eigenvalue weighted by molar-refractivity contribution is 7.18. The van der Waals surface area contributed by atoms with Gasteiger partial charge in [0.15, 0.2) is 0 Å². The summed E-state index contributed by atoms with van der Waals surface area (Å²) >= 11 is 1.42. The Morgan fingerprint density at radius 3 is 2.43 bits per heavy atom. The monoisotopic (exact) mass is 333 g/mol. The molecule has 1 aromatic heterocycles. The Morgan fingerprint density at radius 2 is 1.83 bits per heavy atom. The van der Waals surface area contributed by atoms with Gasteiger partial charge in [-0.15, -0.1) is 11.3 Å². The third kappa shape index (κ3) is 3.28. The van der Waals surface area contributed by atoms with Crippen LogP contribution >= 0.6 is 11.3 Å². The maximum absolute atomic E-state index is 12.8. The summed E-state index contributed by atoms with van der Waals surface area (Å²) in [5.41, 5.74) is 0.968. The molecule has 2 saturated carbocycles. The molecule has 1 aromatic rings. The Bertz CT molecular complexity index is 626. The Kier molecular flexibility index (Phi) is 3.89. The lowest BCUT2D eigenvalue weighted by Crippen LogP contribution is -2.49. The van der Waals surface area contributed by atoms with Crippen LogP contribution in [0.5, 0.6) is 0 Å². The predicted molar refractivity (Wildman–Crippen MR) is 90.9 cm³/mol. The van der Waals surface area contributed by atoms with Crippen molar-refractivity contribution >= 4 is 28.2 Å². The van der Waals surface area contributed by atoms with Crippen LogP contribution in [-0.4, -0.2) is 53.8 Å². The van der Waals surface area contributed by atoms with Crippen LogP contribution in [0.2, 0.25) is 0 Å². The zero-order valence-electron chi connectivity index (χ0n) is 13.5. The highest BCUT2D eigenvalue weighted by Crippen LogP contribution is 2.33. The van der Waals surface area contributed by atoms with Crippen LogP contribution in [0.1, 0.15) is 40.9 Å². The minimum atomic E-state index is 0.100. The Morgan fingerprint density at radius 1 is 1.13 bits per heavy atom. The summed E-state index contributed by atoms with van der Waals surface area (Å²) in [5, 5.41) is 3.76. The molecule has 4 rings (SSSR count). The zero-order chi connectivity index (χ0) is 16.0. The van der Waals surface area contributed by atoms with E-state index in [2.05, 4.69) is 10.2 Å². The molecule has 0 radical (unpaired) electrons. The molecular weight excluding hydrogens is 310 g/mol. The second-order valence-electron chi connectivity index (χ2n) is 6.95. The molecule has 1 aliphatic heterocycles. The van der Waals surface area contributed by atoms with E-state index in [9.17, 15) is 9.59 Å². The van der Waals surface area contributed by atoms with Gasteiger partial charge in [-0.05, 0) is 44.2 Å². The van der Waals surface area contributed by atoms with Gasteiger partial charge >= 0.3 is 0 Å². The molecule has 0 bridgehead atoms. The molecule has 0 aromatic carbocycles. The van der Waals surface area contributed by atoms with Gasteiger partial charge in [-0.3, -0.25) is 14.5 Å². The Balaban J connectivity index is 1.39. The average Bonchev–Trinajstić information content (AvgIpc) is 3.45. The van der Waals surface area contributed by atoms with Gasteiger partial charge in [0.05, 0.1) is 9.88 Å². The number of hydrogen-bond donors (Lipinski definition) is 1. The van der Waals surface area contributed by atoms with E-state index in [0.29, 0.717) is 0 Å². The molecule has 3 fully saturated rings. The fourth-order valence-electron chi connectivity index (χ4n) is 3.20. The second-order valence-corrected chi connectivity index (χ2v) is 8.00. The van der Waals surface area contributed by atoms with Crippen molar-refractivity contribution in [1.82, 2.24) is 9.80 Å². The fraction of sp³-hybridized carbons (Fsp3) is 0.647. The van der Waals surface area contributed by atoms with E-state index < -0.39 is 0 Å². The number of amides is 2. The minimum absolute atomic E-state index is 0.100. The summed E-state index contributed by atoms with van der Waals surface area (Å²) in [7, 11) is 0. The molecule has 0 unspecified atom stereocenters. The van der Waals surface area contributed by atoms with E-state index in [1.54, 1.807) is 0 Å². The number of rotatable bonds is 4. The summed E-state index contributed by atoms with van der Waals surface area (Å²) in [6, 6.07) is 2.71. The van der Waals surface area contributed by atoms with Gasteiger partial charge in [0.1, 0.15) is 0 Å². The first-order valence-electron chi connectivity index (χ1n) is 8.56. The summed E-state index contributed by atoms with van der Waals surface area (Å²) in [5.74, 6) is 0.408. The van der Waals surface area contributed by atoms with E-state index >= 15 is 0 Å². The van der Waals surface area contributed by atoms with Crippen LogP contribution in [0.4, 0.5) is 5.00 Å². The number of aryl methyl sites for hydroxylation is 1. The summed E-state index contributed by atoms with van der Waals surface area (Å²) < 4.78 is 0. The number of hydrogen-bond acceptors (Lipinski definition) is 4. The third-order valence-corrected chi connectivity index (χ3v) is 6.11. The smallest absolute Gasteiger partial charge is 0.264 e. The van der Waals surface area contributed by atoms with Crippen molar-refractivity contribution in [1.29, 1.82) is 0 Å². The molecule has 2 heterocycles. The van der Waals surface area contributed by atoms with Gasteiger partial charge in [-0.1, -0.05) is 0 Å². The first-order chi connectivity index (χ1) is 11.1. The van der Waals surface area contributed by atoms with Crippen LogP contribution in [0.3, 0.4) is 0 Å². The highest BCUT2D eigenvalue weighted by Gasteiger charge is 2.33. The van der Waals surface area contributed by atoms with E-state index in [1.165, 1.54) is 24.2 Å². The van der Waals surface area contributed by atoms with E-state index in [4.69, 9.17) is 0 Å². The molecule has 0 spiro atoms. The molecule has 0 atom stereocenters. The Labute approximate surface area is 140 Å². The van der Waals surface area contributed by atoms with Crippen molar-refractivity contribution < 1.29 is 9.59 Å². The lowest BCUT2D eigenvalue weighted by molar-refractivity contribution is -0.117. The van der Waals surface area contributed by atoms with E-state index in [-0.39, 0.29) is 17.7 Å².